The average Bonchev–Trinajstić information content (AvgIpc) is 2.81. The van der Waals surface area contributed by atoms with Crippen LogP contribution in [0.25, 0.3) is 0 Å². The monoisotopic (exact) mass is 353 g/mol. The van der Waals surface area contributed by atoms with E-state index in [0.717, 1.165) is 31.7 Å². The Morgan fingerprint density at radius 1 is 1.35 bits per heavy atom. The Balaban J connectivity index is 1.88. The van der Waals surface area contributed by atoms with E-state index in [1.54, 1.807) is 0 Å². The Hall–Kier alpha value is -1.55. The number of ether oxygens (including phenoxy) is 1. The van der Waals surface area contributed by atoms with E-state index in [2.05, 4.69) is 19.8 Å². The van der Waals surface area contributed by atoms with Crippen LogP contribution in [0.1, 0.15) is 19.3 Å². The van der Waals surface area contributed by atoms with Crippen LogP contribution in [0.3, 0.4) is 0 Å². The minimum Gasteiger partial charge on any atom is -0.404 e. The van der Waals surface area contributed by atoms with E-state index in [0.29, 0.717) is 12.4 Å². The number of nitrogens with zero attached hydrogens (tertiary/aromatic N) is 1. The summed E-state index contributed by atoms with van der Waals surface area (Å²) in [5.41, 5.74) is 0. The SMILES string of the molecule is CS(=O)(=O)NC1CCCC1CNc1ccc(OC(F)(F)F)cn1. The van der Waals surface area contributed by atoms with Gasteiger partial charge in [-0.05, 0) is 30.9 Å². The molecule has 10 heteroatoms. The highest BCUT2D eigenvalue weighted by Crippen LogP contribution is 2.27. The molecule has 2 rings (SSSR count). The van der Waals surface area contributed by atoms with E-state index in [4.69, 9.17) is 0 Å². The van der Waals surface area contributed by atoms with Crippen LogP contribution >= 0.6 is 0 Å². The molecule has 130 valence electrons. The summed E-state index contributed by atoms with van der Waals surface area (Å²) in [7, 11) is -3.26. The molecule has 1 aliphatic carbocycles. The van der Waals surface area contributed by atoms with Crippen LogP contribution in [0.2, 0.25) is 0 Å². The summed E-state index contributed by atoms with van der Waals surface area (Å²) in [4.78, 5) is 3.85. The molecule has 1 aromatic heterocycles. The topological polar surface area (TPSA) is 80.3 Å². The Morgan fingerprint density at radius 3 is 2.65 bits per heavy atom. The van der Waals surface area contributed by atoms with Gasteiger partial charge in [0.2, 0.25) is 10.0 Å². The van der Waals surface area contributed by atoms with Gasteiger partial charge in [0.1, 0.15) is 11.6 Å². The lowest BCUT2D eigenvalue weighted by molar-refractivity contribution is -0.274. The van der Waals surface area contributed by atoms with Crippen molar-refractivity contribution >= 4 is 15.8 Å². The number of nitrogens with one attached hydrogen (secondary N) is 2. The van der Waals surface area contributed by atoms with Gasteiger partial charge < -0.3 is 10.1 Å². The molecule has 0 aliphatic heterocycles. The van der Waals surface area contributed by atoms with Gasteiger partial charge in [-0.3, -0.25) is 0 Å². The molecule has 2 atom stereocenters. The van der Waals surface area contributed by atoms with Crippen LogP contribution in [-0.2, 0) is 10.0 Å². The second-order valence-electron chi connectivity index (χ2n) is 5.50. The minimum atomic E-state index is -4.75. The first-order valence-corrected chi connectivity index (χ1v) is 8.94. The number of aromatic nitrogens is 1. The molecule has 0 amide bonds. The zero-order chi connectivity index (χ0) is 17.1. The highest BCUT2D eigenvalue weighted by atomic mass is 32.2. The Kier molecular flexibility index (Phi) is 5.35. The number of pyridine rings is 1. The normalized spacial score (nSPS) is 22.1. The molecule has 23 heavy (non-hydrogen) atoms. The highest BCUT2D eigenvalue weighted by Gasteiger charge is 2.31. The first-order valence-electron chi connectivity index (χ1n) is 7.05. The van der Waals surface area contributed by atoms with Crippen molar-refractivity contribution in [1.82, 2.24) is 9.71 Å². The summed E-state index contributed by atoms with van der Waals surface area (Å²) < 4.78 is 65.1. The van der Waals surface area contributed by atoms with Gasteiger partial charge in [-0.1, -0.05) is 6.42 Å². The molecule has 0 bridgehead atoms. The summed E-state index contributed by atoms with van der Waals surface area (Å²) in [6.45, 7) is 0.486. The number of halogens is 3. The van der Waals surface area contributed by atoms with Crippen molar-refractivity contribution in [3.8, 4) is 5.75 Å². The summed E-state index contributed by atoms with van der Waals surface area (Å²) in [6, 6.07) is 2.42. The molecule has 1 fully saturated rings. The van der Waals surface area contributed by atoms with Crippen molar-refractivity contribution in [3.63, 3.8) is 0 Å². The third-order valence-electron chi connectivity index (χ3n) is 3.54. The third-order valence-corrected chi connectivity index (χ3v) is 4.27. The lowest BCUT2D eigenvalue weighted by Crippen LogP contribution is -2.39. The van der Waals surface area contributed by atoms with Crippen LogP contribution < -0.4 is 14.8 Å². The standard InChI is InChI=1S/C13H18F3N3O3S/c1-23(20,21)19-11-4-2-3-9(11)7-17-12-6-5-10(8-18-12)22-13(14,15)16/h5-6,8-9,11,19H,2-4,7H2,1H3,(H,17,18). The van der Waals surface area contributed by atoms with Gasteiger partial charge in [0.25, 0.3) is 0 Å². The average molecular weight is 353 g/mol. The van der Waals surface area contributed by atoms with Crippen molar-refractivity contribution in [2.24, 2.45) is 5.92 Å². The predicted octanol–water partition coefficient (Wildman–Crippen LogP) is 2.11. The van der Waals surface area contributed by atoms with Gasteiger partial charge in [0, 0.05) is 12.6 Å². The smallest absolute Gasteiger partial charge is 0.404 e. The maximum Gasteiger partial charge on any atom is 0.573 e. The predicted molar refractivity (Wildman–Crippen MR) is 78.5 cm³/mol. The number of hydrogen-bond donors (Lipinski definition) is 2. The molecule has 0 spiro atoms. The van der Waals surface area contributed by atoms with Crippen molar-refractivity contribution in [2.75, 3.05) is 18.1 Å². The molecule has 1 heterocycles. The van der Waals surface area contributed by atoms with Gasteiger partial charge in [0.15, 0.2) is 0 Å². The summed E-state index contributed by atoms with van der Waals surface area (Å²) in [5.74, 6) is 0.127. The zero-order valence-corrected chi connectivity index (χ0v) is 13.2. The van der Waals surface area contributed by atoms with E-state index < -0.39 is 16.4 Å². The zero-order valence-electron chi connectivity index (χ0n) is 12.4. The maximum absolute atomic E-state index is 12.1. The number of hydrogen-bond acceptors (Lipinski definition) is 5. The molecule has 1 aliphatic rings. The first-order chi connectivity index (χ1) is 10.6. The van der Waals surface area contributed by atoms with Crippen LogP contribution in [0.5, 0.6) is 5.75 Å². The van der Waals surface area contributed by atoms with Crippen LogP contribution in [0.15, 0.2) is 18.3 Å². The van der Waals surface area contributed by atoms with Crippen LogP contribution in [0, 0.1) is 5.92 Å². The van der Waals surface area contributed by atoms with E-state index in [1.165, 1.54) is 12.1 Å². The third kappa shape index (κ3) is 6.22. The van der Waals surface area contributed by atoms with Crippen LogP contribution in [-0.4, -0.2) is 38.6 Å². The summed E-state index contributed by atoms with van der Waals surface area (Å²) >= 11 is 0. The first kappa shape index (κ1) is 17.8. The lowest BCUT2D eigenvalue weighted by atomic mass is 10.1. The molecule has 6 nitrogen and oxygen atoms in total. The fourth-order valence-corrected chi connectivity index (χ4v) is 3.49. The number of anilines is 1. The number of alkyl halides is 3. The molecule has 2 N–H and O–H groups in total. The Morgan fingerprint density at radius 2 is 2.09 bits per heavy atom. The van der Waals surface area contributed by atoms with Crippen LogP contribution in [0.4, 0.5) is 19.0 Å². The van der Waals surface area contributed by atoms with Gasteiger partial charge in [0.05, 0.1) is 12.5 Å². The van der Waals surface area contributed by atoms with E-state index in [1.807, 2.05) is 0 Å². The molecule has 0 saturated heterocycles. The second kappa shape index (κ2) is 6.91. The van der Waals surface area contributed by atoms with Crippen molar-refractivity contribution < 1.29 is 26.3 Å². The van der Waals surface area contributed by atoms with E-state index in [-0.39, 0.29) is 17.7 Å². The molecule has 0 radical (unpaired) electrons. The van der Waals surface area contributed by atoms with Gasteiger partial charge in [-0.2, -0.15) is 0 Å². The molecule has 0 aromatic carbocycles. The molecular weight excluding hydrogens is 335 g/mol. The quantitative estimate of drug-likeness (QED) is 0.819. The Bertz CT molecular complexity index is 620. The van der Waals surface area contributed by atoms with Crippen molar-refractivity contribution in [1.29, 1.82) is 0 Å². The van der Waals surface area contributed by atoms with E-state index >= 15 is 0 Å². The van der Waals surface area contributed by atoms with Crippen molar-refractivity contribution in [2.45, 2.75) is 31.7 Å². The highest BCUT2D eigenvalue weighted by molar-refractivity contribution is 7.88. The van der Waals surface area contributed by atoms with Crippen molar-refractivity contribution in [3.05, 3.63) is 18.3 Å². The number of sulfonamides is 1. The summed E-state index contributed by atoms with van der Waals surface area (Å²) in [5, 5.41) is 3.01. The fraction of sp³-hybridized carbons (Fsp3) is 0.615. The lowest BCUT2D eigenvalue weighted by Gasteiger charge is -2.20. The molecule has 1 saturated carbocycles. The van der Waals surface area contributed by atoms with E-state index in [9.17, 15) is 21.6 Å². The van der Waals surface area contributed by atoms with Gasteiger partial charge in [-0.15, -0.1) is 13.2 Å². The van der Waals surface area contributed by atoms with Gasteiger partial charge in [-0.25, -0.2) is 18.1 Å². The Labute approximate surface area is 132 Å². The molecular formula is C13H18F3N3O3S. The molecule has 1 aromatic rings. The number of rotatable bonds is 6. The second-order valence-corrected chi connectivity index (χ2v) is 7.28. The molecule has 2 unspecified atom stereocenters. The van der Waals surface area contributed by atoms with Gasteiger partial charge >= 0.3 is 6.36 Å². The maximum atomic E-state index is 12.1. The largest absolute Gasteiger partial charge is 0.573 e. The minimum absolute atomic E-state index is 0.109. The fourth-order valence-electron chi connectivity index (χ4n) is 2.63. The summed E-state index contributed by atoms with van der Waals surface area (Å²) in [6.07, 6.45) is -0.0789.